The summed E-state index contributed by atoms with van der Waals surface area (Å²) in [7, 11) is 0. The molecule has 0 aliphatic rings. The molecule has 16 heavy (non-hydrogen) atoms. The van der Waals surface area contributed by atoms with E-state index in [0.29, 0.717) is 6.61 Å². The van der Waals surface area contributed by atoms with Crippen molar-refractivity contribution < 1.29 is 4.74 Å². The molecule has 0 aromatic rings. The molecule has 0 unspecified atom stereocenters. The van der Waals surface area contributed by atoms with Gasteiger partial charge in [0.05, 0.1) is 6.26 Å². The maximum atomic E-state index is 5.14. The zero-order valence-corrected chi connectivity index (χ0v) is 11.3. The van der Waals surface area contributed by atoms with E-state index >= 15 is 0 Å². The maximum Gasteiger partial charge on any atom is 0.106 e. The molecule has 0 aromatic carbocycles. The molecule has 90 valence electrons. The minimum Gasteiger partial charge on any atom is -0.497 e. The van der Waals surface area contributed by atoms with Gasteiger partial charge in [0.15, 0.2) is 0 Å². The van der Waals surface area contributed by atoms with E-state index in [9.17, 15) is 0 Å². The van der Waals surface area contributed by atoms with E-state index in [4.69, 9.17) is 4.74 Å². The van der Waals surface area contributed by atoms with Crippen molar-refractivity contribution in [1.29, 1.82) is 0 Å². The quantitative estimate of drug-likeness (QED) is 0.217. The van der Waals surface area contributed by atoms with Gasteiger partial charge in [-0.05, 0) is 52.3 Å². The number of allylic oxidation sites excluding steroid dienone is 4. The third kappa shape index (κ3) is 22.9. The van der Waals surface area contributed by atoms with Crippen LogP contribution in [0.25, 0.3) is 0 Å². The number of ether oxygens (including phenoxy) is 1. The van der Waals surface area contributed by atoms with Crippen molar-refractivity contribution in [2.24, 2.45) is 0 Å². The zero-order valence-electron chi connectivity index (χ0n) is 11.3. The minimum absolute atomic E-state index is 0.645. The summed E-state index contributed by atoms with van der Waals surface area (Å²) < 4.78 is 5.14. The lowest BCUT2D eigenvalue weighted by molar-refractivity contribution is 0.289. The van der Waals surface area contributed by atoms with Crippen LogP contribution in [0.1, 0.15) is 34.6 Å². The Hall–Kier alpha value is -1.46. The first-order valence-corrected chi connectivity index (χ1v) is 5.30. The first-order chi connectivity index (χ1) is 7.40. The van der Waals surface area contributed by atoms with Crippen molar-refractivity contribution in [2.75, 3.05) is 6.61 Å². The summed E-state index contributed by atoms with van der Waals surface area (Å²) in [5.74, 6) is 0. The molecule has 0 bridgehead atoms. The van der Waals surface area contributed by atoms with Gasteiger partial charge < -0.3 is 4.74 Å². The van der Waals surface area contributed by atoms with E-state index in [0.717, 1.165) is 11.1 Å². The number of rotatable bonds is 4. The molecule has 0 radical (unpaired) electrons. The molecular formula is C15H24O. The summed E-state index contributed by atoms with van der Waals surface area (Å²) in [5, 5.41) is 0. The lowest BCUT2D eigenvalue weighted by Gasteiger charge is -1.94. The van der Waals surface area contributed by atoms with Gasteiger partial charge in [-0.2, -0.15) is 0 Å². The van der Waals surface area contributed by atoms with Crippen molar-refractivity contribution in [3.05, 3.63) is 54.0 Å². The average molecular weight is 220 g/mol. The first kappa shape index (κ1) is 17.0. The highest BCUT2D eigenvalue weighted by Crippen LogP contribution is 1.92. The highest BCUT2D eigenvalue weighted by atomic mass is 16.5. The van der Waals surface area contributed by atoms with Gasteiger partial charge in [0.25, 0.3) is 0 Å². The topological polar surface area (TPSA) is 9.23 Å². The molecule has 0 heterocycles. The first-order valence-electron chi connectivity index (χ1n) is 5.30. The maximum absolute atomic E-state index is 5.14. The molecule has 0 aliphatic carbocycles. The van der Waals surface area contributed by atoms with Crippen LogP contribution in [-0.2, 0) is 4.74 Å². The summed E-state index contributed by atoms with van der Waals surface area (Å²) in [6, 6.07) is 0. The highest BCUT2D eigenvalue weighted by molar-refractivity contribution is 5.08. The Balaban J connectivity index is 0. The second kappa shape index (κ2) is 11.6. The van der Waals surface area contributed by atoms with Crippen LogP contribution >= 0.6 is 0 Å². The van der Waals surface area contributed by atoms with Gasteiger partial charge in [0.1, 0.15) is 6.61 Å². The largest absolute Gasteiger partial charge is 0.497 e. The Morgan fingerprint density at radius 3 is 2.00 bits per heavy atom. The Kier molecular flexibility index (Phi) is 12.3. The number of hydrogen-bond donors (Lipinski definition) is 0. The zero-order chi connectivity index (χ0) is 13.0. The smallest absolute Gasteiger partial charge is 0.106 e. The fraction of sp³-hybridized carbons (Fsp3) is 0.400. The second-order valence-electron chi connectivity index (χ2n) is 3.94. The highest BCUT2D eigenvalue weighted by Gasteiger charge is 1.77. The predicted molar refractivity (Wildman–Crippen MR) is 73.3 cm³/mol. The third-order valence-corrected chi connectivity index (χ3v) is 1.39. The Morgan fingerprint density at radius 1 is 1.19 bits per heavy atom. The van der Waals surface area contributed by atoms with E-state index < -0.39 is 0 Å². The Bertz CT molecular complexity index is 291. The molecule has 0 saturated carbocycles. The molecule has 0 atom stereocenters. The third-order valence-electron chi connectivity index (χ3n) is 1.39. The van der Waals surface area contributed by atoms with Crippen LogP contribution in [0.2, 0.25) is 0 Å². The van der Waals surface area contributed by atoms with Gasteiger partial charge in [-0.1, -0.05) is 24.3 Å². The molecule has 0 saturated heterocycles. The van der Waals surface area contributed by atoms with E-state index in [1.165, 1.54) is 5.57 Å². The lowest BCUT2D eigenvalue weighted by atomic mass is 10.3. The molecule has 0 N–H and O–H groups in total. The summed E-state index contributed by atoms with van der Waals surface area (Å²) in [6.45, 7) is 17.7. The van der Waals surface area contributed by atoms with Crippen molar-refractivity contribution in [3.8, 4) is 0 Å². The van der Waals surface area contributed by atoms with Crippen molar-refractivity contribution in [1.82, 2.24) is 0 Å². The van der Waals surface area contributed by atoms with Gasteiger partial charge in [0, 0.05) is 0 Å². The van der Waals surface area contributed by atoms with Gasteiger partial charge in [-0.3, -0.25) is 0 Å². The summed E-state index contributed by atoms with van der Waals surface area (Å²) in [6.07, 6.45) is 5.55. The SMILES string of the molecule is C=C(C)/C=C/OCC=C(C)C.C=C=C(C)C. The van der Waals surface area contributed by atoms with Crippen LogP contribution in [0.4, 0.5) is 0 Å². The van der Waals surface area contributed by atoms with Gasteiger partial charge in [-0.15, -0.1) is 5.73 Å². The number of hydrogen-bond acceptors (Lipinski definition) is 1. The Labute approximate surface area is 101 Å². The predicted octanol–water partition coefficient (Wildman–Crippen LogP) is 4.80. The van der Waals surface area contributed by atoms with E-state index in [1.807, 2.05) is 46.8 Å². The van der Waals surface area contributed by atoms with E-state index in [2.05, 4.69) is 18.9 Å². The lowest BCUT2D eigenvalue weighted by Crippen LogP contribution is -1.81. The molecular weight excluding hydrogens is 196 g/mol. The van der Waals surface area contributed by atoms with Gasteiger partial charge in [0.2, 0.25) is 0 Å². The van der Waals surface area contributed by atoms with Crippen LogP contribution in [0.15, 0.2) is 54.0 Å². The summed E-state index contributed by atoms with van der Waals surface area (Å²) >= 11 is 0. The van der Waals surface area contributed by atoms with Crippen LogP contribution < -0.4 is 0 Å². The summed E-state index contributed by atoms with van der Waals surface area (Å²) in [4.78, 5) is 0. The molecule has 0 fully saturated rings. The molecule has 1 nitrogen and oxygen atoms in total. The monoisotopic (exact) mass is 220 g/mol. The van der Waals surface area contributed by atoms with Gasteiger partial charge >= 0.3 is 0 Å². The van der Waals surface area contributed by atoms with E-state index in [-0.39, 0.29) is 0 Å². The fourth-order valence-electron chi connectivity index (χ4n) is 0.435. The molecule has 0 aromatic heterocycles. The second-order valence-corrected chi connectivity index (χ2v) is 3.94. The van der Waals surface area contributed by atoms with Crippen LogP contribution in [-0.4, -0.2) is 6.61 Å². The molecule has 1 heteroatoms. The molecule has 0 spiro atoms. The van der Waals surface area contributed by atoms with Crippen molar-refractivity contribution in [3.63, 3.8) is 0 Å². The van der Waals surface area contributed by atoms with Crippen LogP contribution in [0.5, 0.6) is 0 Å². The molecule has 0 rings (SSSR count). The summed E-state index contributed by atoms with van der Waals surface area (Å²) in [5.41, 5.74) is 6.11. The Morgan fingerprint density at radius 2 is 1.69 bits per heavy atom. The fourth-order valence-corrected chi connectivity index (χ4v) is 0.435. The minimum atomic E-state index is 0.645. The van der Waals surface area contributed by atoms with E-state index in [1.54, 1.807) is 6.26 Å². The van der Waals surface area contributed by atoms with Crippen LogP contribution in [0, 0.1) is 0 Å². The molecule has 0 amide bonds. The van der Waals surface area contributed by atoms with Gasteiger partial charge in [-0.25, -0.2) is 0 Å². The molecule has 0 aliphatic heterocycles. The van der Waals surface area contributed by atoms with Crippen molar-refractivity contribution >= 4 is 0 Å². The standard InChI is InChI=1S/C10H16O.C5H8/c1-9(2)5-7-11-8-6-10(3)4;1-4-5(2)3/h5-7H,1,8H2,2-4H3;1H2,2-3H3/b7-5+;. The average Bonchev–Trinajstić information content (AvgIpc) is 2.17. The van der Waals surface area contributed by atoms with Crippen molar-refractivity contribution in [2.45, 2.75) is 34.6 Å². The van der Waals surface area contributed by atoms with Crippen LogP contribution in [0.3, 0.4) is 0 Å². The normalized spacial score (nSPS) is 8.56.